The number of carbonyl (C=O) groups excluding carboxylic acids is 1. The fourth-order valence-electron chi connectivity index (χ4n) is 0.905. The minimum Gasteiger partial charge on any atom is -0.298 e. The molecule has 0 saturated heterocycles. The third kappa shape index (κ3) is 2.79. The third-order valence-electron chi connectivity index (χ3n) is 1.59. The van der Waals surface area contributed by atoms with Crippen molar-refractivity contribution in [2.24, 2.45) is 0 Å². The highest BCUT2D eigenvalue weighted by Gasteiger charge is 2.13. The van der Waals surface area contributed by atoms with Gasteiger partial charge in [0.15, 0.2) is 5.78 Å². The smallest absolute Gasteiger partial charge is 0.152 e. The van der Waals surface area contributed by atoms with Crippen LogP contribution in [-0.2, 0) is 4.79 Å². The number of Topliss-reactive ketones (excluding diaryl/α,β-unsaturated/α-hetero) is 1. The SMILES string of the molecule is CC(=O)C(Cl)c1ccc(Br)c(Br)c1. The largest absolute Gasteiger partial charge is 0.298 e. The van der Waals surface area contributed by atoms with E-state index in [1.54, 1.807) is 0 Å². The predicted molar refractivity (Wildman–Crippen MR) is 61.1 cm³/mol. The van der Waals surface area contributed by atoms with Crippen molar-refractivity contribution < 1.29 is 4.79 Å². The monoisotopic (exact) mass is 324 g/mol. The second kappa shape index (κ2) is 4.58. The van der Waals surface area contributed by atoms with Crippen LogP contribution in [0.1, 0.15) is 17.9 Å². The van der Waals surface area contributed by atoms with E-state index in [1.165, 1.54) is 6.92 Å². The first-order valence-electron chi connectivity index (χ1n) is 3.62. The zero-order chi connectivity index (χ0) is 10.0. The van der Waals surface area contributed by atoms with Crippen LogP contribution in [0.15, 0.2) is 27.1 Å². The average molecular weight is 326 g/mol. The fourth-order valence-corrected chi connectivity index (χ4v) is 1.68. The quantitative estimate of drug-likeness (QED) is 0.749. The first-order chi connectivity index (χ1) is 6.02. The Kier molecular flexibility index (Phi) is 3.95. The molecule has 0 aliphatic rings. The first kappa shape index (κ1) is 11.2. The third-order valence-corrected chi connectivity index (χ3v) is 4.03. The van der Waals surface area contributed by atoms with Gasteiger partial charge in [-0.25, -0.2) is 0 Å². The van der Waals surface area contributed by atoms with Crippen LogP contribution >= 0.6 is 43.5 Å². The number of alkyl halides is 1. The van der Waals surface area contributed by atoms with E-state index in [1.807, 2.05) is 18.2 Å². The number of hydrogen-bond donors (Lipinski definition) is 0. The van der Waals surface area contributed by atoms with Gasteiger partial charge in [0.2, 0.25) is 0 Å². The molecule has 1 aromatic carbocycles. The number of benzene rings is 1. The number of halogens is 3. The molecule has 0 saturated carbocycles. The summed E-state index contributed by atoms with van der Waals surface area (Å²) in [6, 6.07) is 5.52. The van der Waals surface area contributed by atoms with Crippen LogP contribution in [0.25, 0.3) is 0 Å². The molecule has 0 radical (unpaired) electrons. The molecule has 0 heterocycles. The summed E-state index contributed by atoms with van der Waals surface area (Å²) >= 11 is 12.6. The van der Waals surface area contributed by atoms with E-state index in [4.69, 9.17) is 11.6 Å². The number of hydrogen-bond acceptors (Lipinski definition) is 1. The Labute approximate surface area is 98.7 Å². The molecular weight excluding hydrogens is 319 g/mol. The van der Waals surface area contributed by atoms with Gasteiger partial charge in [-0.3, -0.25) is 4.79 Å². The molecule has 0 amide bonds. The van der Waals surface area contributed by atoms with Crippen LogP contribution in [0.5, 0.6) is 0 Å². The Balaban J connectivity index is 3.03. The Bertz CT molecular complexity index is 338. The zero-order valence-electron chi connectivity index (χ0n) is 6.85. The van der Waals surface area contributed by atoms with Crippen LogP contribution in [0.2, 0.25) is 0 Å². The molecule has 0 N–H and O–H groups in total. The lowest BCUT2D eigenvalue weighted by Gasteiger charge is -2.06. The minimum absolute atomic E-state index is 0.0455. The highest BCUT2D eigenvalue weighted by molar-refractivity contribution is 9.13. The summed E-state index contributed by atoms with van der Waals surface area (Å²) in [6.45, 7) is 1.48. The molecular formula is C9H7Br2ClO. The number of rotatable bonds is 2. The van der Waals surface area contributed by atoms with E-state index < -0.39 is 5.38 Å². The van der Waals surface area contributed by atoms with Crippen molar-refractivity contribution in [2.45, 2.75) is 12.3 Å². The summed E-state index contributed by atoms with van der Waals surface area (Å²) in [5, 5.41) is -0.551. The van der Waals surface area contributed by atoms with Crippen molar-refractivity contribution in [3.63, 3.8) is 0 Å². The predicted octanol–water partition coefficient (Wildman–Crippen LogP) is 4.08. The van der Waals surface area contributed by atoms with Gasteiger partial charge in [-0.2, -0.15) is 0 Å². The van der Waals surface area contributed by atoms with Crippen LogP contribution in [-0.4, -0.2) is 5.78 Å². The highest BCUT2D eigenvalue weighted by atomic mass is 79.9. The van der Waals surface area contributed by atoms with Gasteiger partial charge in [0.05, 0.1) is 0 Å². The maximum Gasteiger partial charge on any atom is 0.152 e. The molecule has 4 heteroatoms. The van der Waals surface area contributed by atoms with E-state index in [0.29, 0.717) is 0 Å². The Hall–Kier alpha value is 0.140. The van der Waals surface area contributed by atoms with Gasteiger partial charge < -0.3 is 0 Å². The van der Waals surface area contributed by atoms with E-state index >= 15 is 0 Å². The van der Waals surface area contributed by atoms with Gasteiger partial charge in [0.1, 0.15) is 5.38 Å². The molecule has 0 aliphatic carbocycles. The molecule has 1 aromatic rings. The van der Waals surface area contributed by atoms with Crippen LogP contribution in [0, 0.1) is 0 Å². The highest BCUT2D eigenvalue weighted by Crippen LogP contribution is 2.29. The summed E-state index contributed by atoms with van der Waals surface area (Å²) in [5.41, 5.74) is 0.809. The van der Waals surface area contributed by atoms with E-state index in [2.05, 4.69) is 31.9 Å². The first-order valence-corrected chi connectivity index (χ1v) is 5.64. The second-order valence-electron chi connectivity index (χ2n) is 2.65. The molecule has 1 nitrogen and oxygen atoms in total. The fraction of sp³-hybridized carbons (Fsp3) is 0.222. The van der Waals surface area contributed by atoms with Gasteiger partial charge in [0.25, 0.3) is 0 Å². The van der Waals surface area contributed by atoms with Crippen molar-refractivity contribution >= 4 is 49.2 Å². The van der Waals surface area contributed by atoms with Crippen molar-refractivity contribution in [1.29, 1.82) is 0 Å². The Morgan fingerprint density at radius 2 is 2.00 bits per heavy atom. The molecule has 1 unspecified atom stereocenters. The summed E-state index contributed by atoms with van der Waals surface area (Å²) in [5.74, 6) is -0.0455. The molecule has 0 aromatic heterocycles. The molecule has 1 rings (SSSR count). The number of ketones is 1. The lowest BCUT2D eigenvalue weighted by molar-refractivity contribution is -0.116. The van der Waals surface area contributed by atoms with Gasteiger partial charge in [-0.05, 0) is 56.5 Å². The van der Waals surface area contributed by atoms with Crippen molar-refractivity contribution in [1.82, 2.24) is 0 Å². The van der Waals surface area contributed by atoms with Gasteiger partial charge >= 0.3 is 0 Å². The lowest BCUT2D eigenvalue weighted by atomic mass is 10.1. The molecule has 0 aliphatic heterocycles. The van der Waals surface area contributed by atoms with Crippen LogP contribution in [0.4, 0.5) is 0 Å². The lowest BCUT2D eigenvalue weighted by Crippen LogP contribution is -2.01. The van der Waals surface area contributed by atoms with Crippen LogP contribution in [0.3, 0.4) is 0 Å². The summed E-state index contributed by atoms with van der Waals surface area (Å²) in [7, 11) is 0. The Morgan fingerprint density at radius 1 is 1.38 bits per heavy atom. The van der Waals surface area contributed by atoms with E-state index in [-0.39, 0.29) is 5.78 Å². The van der Waals surface area contributed by atoms with Gasteiger partial charge in [0, 0.05) is 8.95 Å². The van der Waals surface area contributed by atoms with Gasteiger partial charge in [-0.15, -0.1) is 11.6 Å². The maximum absolute atomic E-state index is 11.0. The standard InChI is InChI=1S/C9H7Br2ClO/c1-5(13)9(12)6-2-3-7(10)8(11)4-6/h2-4,9H,1H3. The van der Waals surface area contributed by atoms with Crippen molar-refractivity contribution in [3.05, 3.63) is 32.7 Å². The summed E-state index contributed by atoms with van der Waals surface area (Å²) < 4.78 is 1.85. The van der Waals surface area contributed by atoms with Gasteiger partial charge in [-0.1, -0.05) is 6.07 Å². The molecule has 0 bridgehead atoms. The van der Waals surface area contributed by atoms with E-state index in [9.17, 15) is 4.79 Å². The molecule has 13 heavy (non-hydrogen) atoms. The zero-order valence-corrected chi connectivity index (χ0v) is 10.8. The average Bonchev–Trinajstić information content (AvgIpc) is 2.08. The van der Waals surface area contributed by atoms with Crippen molar-refractivity contribution in [2.75, 3.05) is 0 Å². The van der Waals surface area contributed by atoms with E-state index in [0.717, 1.165) is 14.5 Å². The molecule has 0 fully saturated rings. The normalized spacial score (nSPS) is 12.6. The Morgan fingerprint density at radius 3 is 2.46 bits per heavy atom. The second-order valence-corrected chi connectivity index (χ2v) is 4.79. The minimum atomic E-state index is -0.551. The molecule has 70 valence electrons. The van der Waals surface area contributed by atoms with Crippen LogP contribution < -0.4 is 0 Å². The van der Waals surface area contributed by atoms with Crippen molar-refractivity contribution in [3.8, 4) is 0 Å². The number of carbonyl (C=O) groups is 1. The summed E-state index contributed by atoms with van der Waals surface area (Å²) in [6.07, 6.45) is 0. The molecule has 1 atom stereocenters. The summed E-state index contributed by atoms with van der Waals surface area (Å²) in [4.78, 5) is 11.0. The molecule has 0 spiro atoms. The maximum atomic E-state index is 11.0. The topological polar surface area (TPSA) is 17.1 Å².